The Morgan fingerprint density at radius 2 is 1.77 bits per heavy atom. The number of hydrogen-bond acceptors (Lipinski definition) is 3. The van der Waals surface area contributed by atoms with Crippen LogP contribution in [0.2, 0.25) is 5.02 Å². The number of Topliss-reactive ketones (excluding diaryl/α,β-unsaturated/α-hetero) is 1. The molecule has 1 heterocycles. The zero-order valence-electron chi connectivity index (χ0n) is 14.8. The summed E-state index contributed by atoms with van der Waals surface area (Å²) in [7, 11) is 1.76. The molecule has 0 fully saturated rings. The Morgan fingerprint density at radius 1 is 1.08 bits per heavy atom. The second-order valence-electron chi connectivity index (χ2n) is 6.61. The molecule has 3 rings (SSSR count). The van der Waals surface area contributed by atoms with Gasteiger partial charge in [0, 0.05) is 43.4 Å². The first-order valence-electron chi connectivity index (χ1n) is 8.74. The summed E-state index contributed by atoms with van der Waals surface area (Å²) < 4.78 is 5.86. The van der Waals surface area contributed by atoms with Crippen molar-refractivity contribution in [1.82, 2.24) is 4.90 Å². The number of carbonyl (C=O) groups excluding carboxylic acids is 2. The average molecular weight is 372 g/mol. The minimum absolute atomic E-state index is 0.00850. The number of halogens is 1. The lowest BCUT2D eigenvalue weighted by Gasteiger charge is -2.29. The summed E-state index contributed by atoms with van der Waals surface area (Å²) in [6, 6.07) is 15.0. The van der Waals surface area contributed by atoms with Crippen molar-refractivity contribution >= 4 is 23.3 Å². The number of benzene rings is 2. The van der Waals surface area contributed by atoms with Crippen LogP contribution in [0.4, 0.5) is 0 Å². The van der Waals surface area contributed by atoms with Crippen molar-refractivity contribution in [3.8, 4) is 0 Å². The summed E-state index contributed by atoms with van der Waals surface area (Å²) in [6.07, 6.45) is 1.18. The topological polar surface area (TPSA) is 46.6 Å². The van der Waals surface area contributed by atoms with Gasteiger partial charge < -0.3 is 9.64 Å². The molecule has 2 aromatic carbocycles. The molecule has 1 aliphatic heterocycles. The van der Waals surface area contributed by atoms with Gasteiger partial charge in [0.1, 0.15) is 0 Å². The van der Waals surface area contributed by atoms with Crippen molar-refractivity contribution in [2.75, 3.05) is 13.6 Å². The van der Waals surface area contributed by atoms with Gasteiger partial charge in [-0.2, -0.15) is 0 Å². The molecule has 0 saturated heterocycles. The third kappa shape index (κ3) is 4.71. The normalized spacial score (nSPS) is 16.0. The van der Waals surface area contributed by atoms with Gasteiger partial charge in [-0.3, -0.25) is 9.59 Å². The lowest BCUT2D eigenvalue weighted by Crippen LogP contribution is -2.38. The van der Waals surface area contributed by atoms with E-state index in [4.69, 9.17) is 16.3 Å². The van der Waals surface area contributed by atoms with Gasteiger partial charge in [-0.15, -0.1) is 0 Å². The molecular weight excluding hydrogens is 350 g/mol. The first-order valence-corrected chi connectivity index (χ1v) is 9.12. The number of carbonyl (C=O) groups is 2. The first kappa shape index (κ1) is 18.6. The molecule has 1 unspecified atom stereocenters. The summed E-state index contributed by atoms with van der Waals surface area (Å²) in [5.41, 5.74) is 3.07. The molecular formula is C21H22ClNO3. The van der Waals surface area contributed by atoms with E-state index in [0.717, 1.165) is 6.42 Å². The van der Waals surface area contributed by atoms with Crippen molar-refractivity contribution in [2.45, 2.75) is 32.0 Å². The van der Waals surface area contributed by atoms with Crippen LogP contribution in [-0.2, 0) is 22.6 Å². The highest BCUT2D eigenvalue weighted by molar-refractivity contribution is 6.30. The number of rotatable bonds is 6. The van der Waals surface area contributed by atoms with Crippen molar-refractivity contribution in [3.05, 3.63) is 70.2 Å². The molecule has 0 saturated carbocycles. The van der Waals surface area contributed by atoms with Gasteiger partial charge in [0.05, 0.1) is 12.7 Å². The van der Waals surface area contributed by atoms with Gasteiger partial charge in [0.25, 0.3) is 0 Å². The number of nitrogens with zero attached hydrogens (tertiary/aromatic N) is 1. The van der Waals surface area contributed by atoms with Crippen molar-refractivity contribution in [3.63, 3.8) is 0 Å². The zero-order valence-corrected chi connectivity index (χ0v) is 15.5. The molecule has 2 aromatic rings. The number of ketones is 1. The summed E-state index contributed by atoms with van der Waals surface area (Å²) in [6.45, 7) is 1.11. The summed E-state index contributed by atoms with van der Waals surface area (Å²) in [4.78, 5) is 26.2. The average Bonchev–Trinajstić information content (AvgIpc) is 2.66. The van der Waals surface area contributed by atoms with Crippen LogP contribution >= 0.6 is 11.6 Å². The molecule has 0 bridgehead atoms. The maximum atomic E-state index is 12.3. The molecule has 1 aliphatic rings. The fraction of sp³-hybridized carbons (Fsp3) is 0.333. The second kappa shape index (κ2) is 8.47. The van der Waals surface area contributed by atoms with Crippen LogP contribution in [0.15, 0.2) is 48.5 Å². The Labute approximate surface area is 158 Å². The van der Waals surface area contributed by atoms with Crippen LogP contribution < -0.4 is 0 Å². The minimum atomic E-state index is -0.0498. The van der Waals surface area contributed by atoms with Crippen LogP contribution in [0, 0.1) is 0 Å². The molecule has 5 heteroatoms. The van der Waals surface area contributed by atoms with Gasteiger partial charge in [-0.05, 0) is 35.4 Å². The maximum absolute atomic E-state index is 12.3. The predicted octanol–water partition coefficient (Wildman–Crippen LogP) is 3.90. The van der Waals surface area contributed by atoms with E-state index in [-0.39, 0.29) is 30.6 Å². The van der Waals surface area contributed by atoms with Crippen LogP contribution in [0.25, 0.3) is 0 Å². The number of hydrogen-bond donors (Lipinski definition) is 0. The largest absolute Gasteiger partial charge is 0.371 e. The molecule has 0 radical (unpaired) electrons. The van der Waals surface area contributed by atoms with Crippen LogP contribution in [0.3, 0.4) is 0 Å². The third-order valence-electron chi connectivity index (χ3n) is 4.68. The van der Waals surface area contributed by atoms with E-state index in [2.05, 4.69) is 12.1 Å². The molecule has 0 aromatic heterocycles. The van der Waals surface area contributed by atoms with E-state index >= 15 is 0 Å². The highest BCUT2D eigenvalue weighted by Crippen LogP contribution is 2.21. The highest BCUT2D eigenvalue weighted by Gasteiger charge is 2.22. The number of amides is 1. The van der Waals surface area contributed by atoms with E-state index in [1.54, 1.807) is 36.2 Å². The highest BCUT2D eigenvalue weighted by atomic mass is 35.5. The van der Waals surface area contributed by atoms with E-state index in [9.17, 15) is 9.59 Å². The molecule has 0 N–H and O–H groups in total. The molecule has 4 nitrogen and oxygen atoms in total. The van der Waals surface area contributed by atoms with Crippen molar-refractivity contribution in [1.29, 1.82) is 0 Å². The molecule has 136 valence electrons. The van der Waals surface area contributed by atoms with Crippen molar-refractivity contribution < 1.29 is 14.3 Å². The maximum Gasteiger partial charge on any atom is 0.222 e. The van der Waals surface area contributed by atoms with Crippen LogP contribution in [0.5, 0.6) is 0 Å². The lowest BCUT2D eigenvalue weighted by molar-refractivity contribution is -0.132. The number of ether oxygens (including phenoxy) is 1. The fourth-order valence-electron chi connectivity index (χ4n) is 3.13. The predicted molar refractivity (Wildman–Crippen MR) is 101 cm³/mol. The number of fused-ring (bicyclic) bond motifs is 1. The van der Waals surface area contributed by atoms with Crippen molar-refractivity contribution in [2.24, 2.45) is 0 Å². The van der Waals surface area contributed by atoms with Gasteiger partial charge in [0.15, 0.2) is 5.78 Å². The third-order valence-corrected chi connectivity index (χ3v) is 4.93. The summed E-state index contributed by atoms with van der Waals surface area (Å²) >= 11 is 5.83. The SMILES string of the molecule is CN(CC1Cc2ccccc2CO1)C(=O)CCC(=O)c1ccc(Cl)cc1. The Hall–Kier alpha value is -2.17. The molecule has 1 atom stereocenters. The van der Waals surface area contributed by atoms with Gasteiger partial charge in [-0.1, -0.05) is 35.9 Å². The monoisotopic (exact) mass is 371 g/mol. The van der Waals surface area contributed by atoms with Gasteiger partial charge >= 0.3 is 0 Å². The smallest absolute Gasteiger partial charge is 0.222 e. The Balaban J connectivity index is 1.47. The van der Waals surface area contributed by atoms with Gasteiger partial charge in [0.2, 0.25) is 5.91 Å². The zero-order chi connectivity index (χ0) is 18.5. The number of likely N-dealkylation sites (N-methyl/N-ethyl adjacent to an activating group) is 1. The molecule has 0 spiro atoms. The summed E-state index contributed by atoms with van der Waals surface area (Å²) in [5.74, 6) is -0.0963. The van der Waals surface area contributed by atoms with E-state index < -0.39 is 0 Å². The minimum Gasteiger partial charge on any atom is -0.371 e. The summed E-state index contributed by atoms with van der Waals surface area (Å²) in [5, 5.41) is 0.589. The quantitative estimate of drug-likeness (QED) is 0.723. The van der Waals surface area contributed by atoms with Gasteiger partial charge in [-0.25, -0.2) is 0 Å². The molecule has 0 aliphatic carbocycles. The molecule has 1 amide bonds. The fourth-order valence-corrected chi connectivity index (χ4v) is 3.25. The van der Waals surface area contributed by atoms with E-state index in [0.29, 0.717) is 23.7 Å². The second-order valence-corrected chi connectivity index (χ2v) is 7.05. The Kier molecular flexibility index (Phi) is 6.07. The first-order chi connectivity index (χ1) is 12.5. The van der Waals surface area contributed by atoms with Crippen LogP contribution in [-0.4, -0.2) is 36.3 Å². The Bertz CT molecular complexity index is 788. The standard InChI is InChI=1S/C21H22ClNO3/c1-23(13-19-12-16-4-2-3-5-17(16)14-26-19)21(25)11-10-20(24)15-6-8-18(22)9-7-15/h2-9,19H,10-14H2,1H3. The van der Waals surface area contributed by atoms with E-state index in [1.807, 2.05) is 12.1 Å². The lowest BCUT2D eigenvalue weighted by atomic mass is 9.99. The Morgan fingerprint density at radius 3 is 2.50 bits per heavy atom. The van der Waals surface area contributed by atoms with E-state index in [1.165, 1.54) is 11.1 Å². The molecule has 26 heavy (non-hydrogen) atoms. The van der Waals surface area contributed by atoms with Crippen LogP contribution in [0.1, 0.15) is 34.3 Å².